The Kier molecular flexibility index (Phi) is 7.04. The first-order valence-electron chi connectivity index (χ1n) is 7.58. The molecule has 2 aromatic carbocycles. The summed E-state index contributed by atoms with van der Waals surface area (Å²) in [5, 5.41) is 6.25. The second-order valence-corrected chi connectivity index (χ2v) is 5.87. The van der Waals surface area contributed by atoms with E-state index in [-0.39, 0.29) is 0 Å². The summed E-state index contributed by atoms with van der Waals surface area (Å²) in [6.07, 6.45) is 3.45. The lowest BCUT2D eigenvalue weighted by atomic mass is 10.2. The summed E-state index contributed by atoms with van der Waals surface area (Å²) in [4.78, 5) is 25.0. The van der Waals surface area contributed by atoms with Crippen LogP contribution in [0, 0.1) is 0 Å². The van der Waals surface area contributed by atoms with Gasteiger partial charge in [-0.1, -0.05) is 12.1 Å². The lowest BCUT2D eigenvalue weighted by Crippen LogP contribution is -2.32. The topological polar surface area (TPSA) is 89.0 Å². The first-order valence-corrected chi connectivity index (χ1v) is 8.80. The molecule has 2 aromatic rings. The van der Waals surface area contributed by atoms with Crippen molar-refractivity contribution < 1.29 is 19.1 Å². The van der Waals surface area contributed by atoms with Gasteiger partial charge >= 0.3 is 11.8 Å². The molecule has 0 bridgehead atoms. The Morgan fingerprint density at radius 2 is 1.77 bits per heavy atom. The molecule has 7 nitrogen and oxygen atoms in total. The zero-order chi connectivity index (χ0) is 18.9. The van der Waals surface area contributed by atoms with Gasteiger partial charge in [0.05, 0.1) is 26.1 Å². The van der Waals surface area contributed by atoms with Gasteiger partial charge in [-0.15, -0.1) is 11.8 Å². The van der Waals surface area contributed by atoms with Crippen molar-refractivity contribution in [2.24, 2.45) is 5.10 Å². The number of rotatable bonds is 6. The molecule has 0 saturated carbocycles. The van der Waals surface area contributed by atoms with Crippen molar-refractivity contribution >= 4 is 35.5 Å². The van der Waals surface area contributed by atoms with E-state index in [0.717, 1.165) is 10.5 Å². The van der Waals surface area contributed by atoms with Gasteiger partial charge in [0.15, 0.2) is 0 Å². The number of anilines is 1. The lowest BCUT2D eigenvalue weighted by Gasteiger charge is -2.11. The highest BCUT2D eigenvalue weighted by Crippen LogP contribution is 2.28. The van der Waals surface area contributed by atoms with Crippen LogP contribution in [0.1, 0.15) is 5.56 Å². The Hall–Kier alpha value is -3.00. The Bertz CT molecular complexity index is 807. The maximum absolute atomic E-state index is 12.0. The van der Waals surface area contributed by atoms with Gasteiger partial charge in [0.2, 0.25) is 0 Å². The van der Waals surface area contributed by atoms with E-state index < -0.39 is 11.8 Å². The molecule has 2 rings (SSSR count). The number of nitrogens with zero attached hydrogens (tertiary/aromatic N) is 1. The standard InChI is InChI=1S/C18H19N3O4S/c1-24-13-6-9-16(25-2)15(10-13)20-17(22)18(23)21-19-11-12-4-7-14(26-3)8-5-12/h4-11H,1-3H3,(H,20,22)(H,21,23). The van der Waals surface area contributed by atoms with Crippen molar-refractivity contribution in [3.63, 3.8) is 0 Å². The summed E-state index contributed by atoms with van der Waals surface area (Å²) in [5.74, 6) is -0.837. The zero-order valence-electron chi connectivity index (χ0n) is 14.6. The molecule has 0 aliphatic heterocycles. The number of nitrogens with one attached hydrogen (secondary N) is 2. The van der Waals surface area contributed by atoms with Crippen LogP contribution in [0.3, 0.4) is 0 Å². The first kappa shape index (κ1) is 19.3. The number of amides is 2. The molecular weight excluding hydrogens is 354 g/mol. The van der Waals surface area contributed by atoms with E-state index >= 15 is 0 Å². The molecule has 0 spiro atoms. The third-order valence-corrected chi connectivity index (χ3v) is 4.10. The molecule has 8 heteroatoms. The number of thioether (sulfide) groups is 1. The van der Waals surface area contributed by atoms with E-state index in [1.54, 1.807) is 30.0 Å². The normalized spacial score (nSPS) is 10.4. The minimum atomic E-state index is -0.896. The van der Waals surface area contributed by atoms with Gasteiger partial charge in [-0.3, -0.25) is 9.59 Å². The minimum absolute atomic E-state index is 0.323. The van der Waals surface area contributed by atoms with Crippen LogP contribution >= 0.6 is 11.8 Å². The van der Waals surface area contributed by atoms with Crippen molar-refractivity contribution in [1.29, 1.82) is 0 Å². The molecular formula is C18H19N3O4S. The monoisotopic (exact) mass is 373 g/mol. The molecule has 0 saturated heterocycles. The van der Waals surface area contributed by atoms with Crippen molar-refractivity contribution in [3.05, 3.63) is 48.0 Å². The number of hydrogen-bond donors (Lipinski definition) is 2. The van der Waals surface area contributed by atoms with Crippen LogP contribution in [0.4, 0.5) is 5.69 Å². The molecule has 0 aliphatic rings. The molecule has 2 N–H and O–H groups in total. The molecule has 26 heavy (non-hydrogen) atoms. The number of carbonyl (C=O) groups is 2. The summed E-state index contributed by atoms with van der Waals surface area (Å²) in [6, 6.07) is 12.5. The molecule has 0 fully saturated rings. The Morgan fingerprint density at radius 3 is 2.38 bits per heavy atom. The van der Waals surface area contributed by atoms with Gasteiger partial charge in [0, 0.05) is 11.0 Å². The van der Waals surface area contributed by atoms with Gasteiger partial charge in [-0.2, -0.15) is 5.10 Å². The minimum Gasteiger partial charge on any atom is -0.497 e. The zero-order valence-corrected chi connectivity index (χ0v) is 15.4. The SMILES string of the molecule is COc1ccc(OC)c(NC(=O)C(=O)NN=Cc2ccc(SC)cc2)c1. The largest absolute Gasteiger partial charge is 0.497 e. The number of methoxy groups -OCH3 is 2. The third-order valence-electron chi connectivity index (χ3n) is 3.36. The molecule has 0 unspecified atom stereocenters. The van der Waals surface area contributed by atoms with E-state index in [4.69, 9.17) is 9.47 Å². The lowest BCUT2D eigenvalue weighted by molar-refractivity contribution is -0.136. The van der Waals surface area contributed by atoms with Crippen LogP contribution in [0.5, 0.6) is 11.5 Å². The van der Waals surface area contributed by atoms with Crippen LogP contribution in [0.25, 0.3) is 0 Å². The fourth-order valence-corrected chi connectivity index (χ4v) is 2.41. The van der Waals surface area contributed by atoms with Gasteiger partial charge in [0.25, 0.3) is 0 Å². The van der Waals surface area contributed by atoms with E-state index in [1.165, 1.54) is 20.4 Å². The molecule has 0 aliphatic carbocycles. The number of carbonyl (C=O) groups excluding carboxylic acids is 2. The quantitative estimate of drug-likeness (QED) is 0.352. The maximum Gasteiger partial charge on any atom is 0.329 e. The third kappa shape index (κ3) is 5.25. The van der Waals surface area contributed by atoms with Gasteiger partial charge in [-0.05, 0) is 36.1 Å². The van der Waals surface area contributed by atoms with Crippen molar-refractivity contribution in [1.82, 2.24) is 5.43 Å². The van der Waals surface area contributed by atoms with Crippen molar-refractivity contribution in [3.8, 4) is 11.5 Å². The summed E-state index contributed by atoms with van der Waals surface area (Å²) >= 11 is 1.63. The summed E-state index contributed by atoms with van der Waals surface area (Å²) in [5.41, 5.74) is 3.31. The van der Waals surface area contributed by atoms with Gasteiger partial charge < -0.3 is 14.8 Å². The Morgan fingerprint density at radius 1 is 1.04 bits per heavy atom. The van der Waals surface area contributed by atoms with Crippen molar-refractivity contribution in [2.45, 2.75) is 4.90 Å². The van der Waals surface area contributed by atoms with Crippen LogP contribution in [-0.4, -0.2) is 38.5 Å². The summed E-state index contributed by atoms with van der Waals surface area (Å²) in [6.45, 7) is 0. The highest BCUT2D eigenvalue weighted by molar-refractivity contribution is 7.98. The first-order chi connectivity index (χ1) is 12.6. The van der Waals surface area contributed by atoms with Crippen LogP contribution in [0.2, 0.25) is 0 Å². The molecule has 136 valence electrons. The Balaban J connectivity index is 1.97. The molecule has 2 amide bonds. The number of hydrazone groups is 1. The van der Waals surface area contributed by atoms with Crippen LogP contribution in [0.15, 0.2) is 52.5 Å². The molecule has 0 radical (unpaired) electrons. The Labute approximate surface area is 155 Å². The highest BCUT2D eigenvalue weighted by Gasteiger charge is 2.16. The fourth-order valence-electron chi connectivity index (χ4n) is 2.00. The maximum atomic E-state index is 12.0. The summed E-state index contributed by atoms with van der Waals surface area (Å²) < 4.78 is 10.2. The van der Waals surface area contributed by atoms with E-state index in [2.05, 4.69) is 15.8 Å². The average molecular weight is 373 g/mol. The number of benzene rings is 2. The summed E-state index contributed by atoms with van der Waals surface area (Å²) in [7, 11) is 2.96. The van der Waals surface area contributed by atoms with Crippen LogP contribution < -0.4 is 20.2 Å². The van der Waals surface area contributed by atoms with E-state index in [0.29, 0.717) is 17.2 Å². The average Bonchev–Trinajstić information content (AvgIpc) is 2.68. The van der Waals surface area contributed by atoms with Crippen molar-refractivity contribution in [2.75, 3.05) is 25.8 Å². The second kappa shape index (κ2) is 9.47. The van der Waals surface area contributed by atoms with Gasteiger partial charge in [0.1, 0.15) is 11.5 Å². The number of hydrogen-bond acceptors (Lipinski definition) is 6. The molecule has 0 aromatic heterocycles. The predicted octanol–water partition coefficient (Wildman–Crippen LogP) is 2.51. The van der Waals surface area contributed by atoms with Gasteiger partial charge in [-0.25, -0.2) is 5.43 Å². The second-order valence-electron chi connectivity index (χ2n) is 4.99. The van der Waals surface area contributed by atoms with E-state index in [9.17, 15) is 9.59 Å². The number of ether oxygens (including phenoxy) is 2. The molecule has 0 heterocycles. The predicted molar refractivity (Wildman–Crippen MR) is 102 cm³/mol. The van der Waals surface area contributed by atoms with Crippen LogP contribution in [-0.2, 0) is 9.59 Å². The van der Waals surface area contributed by atoms with E-state index in [1.807, 2.05) is 30.5 Å². The smallest absolute Gasteiger partial charge is 0.329 e. The fraction of sp³-hybridized carbons (Fsp3) is 0.167. The highest BCUT2D eigenvalue weighted by atomic mass is 32.2. The molecule has 0 atom stereocenters.